The number of nitrogens with zero attached hydrogens (tertiary/aromatic N) is 1. The van der Waals surface area contributed by atoms with E-state index in [9.17, 15) is 27.6 Å². The van der Waals surface area contributed by atoms with E-state index in [1.807, 2.05) is 24.3 Å². The molecule has 0 spiro atoms. The van der Waals surface area contributed by atoms with Crippen LogP contribution in [0.25, 0.3) is 0 Å². The first-order chi connectivity index (χ1) is 16.1. The van der Waals surface area contributed by atoms with Crippen LogP contribution >= 0.6 is 0 Å². The highest BCUT2D eigenvalue weighted by molar-refractivity contribution is 5.90. The number of nitrogens with two attached hydrogens (primary N) is 1. The Bertz CT molecular complexity index is 961. The predicted octanol–water partition coefficient (Wildman–Crippen LogP) is 2.93. The fraction of sp³-hybridized carbons (Fsp3) is 0.542. The Morgan fingerprint density at radius 3 is 2.18 bits per heavy atom. The van der Waals surface area contributed by atoms with Gasteiger partial charge in [-0.2, -0.15) is 13.2 Å². The molecule has 0 saturated heterocycles. The van der Waals surface area contributed by atoms with E-state index in [-0.39, 0.29) is 11.8 Å². The van der Waals surface area contributed by atoms with Crippen LogP contribution in [0.3, 0.4) is 0 Å². The van der Waals surface area contributed by atoms with E-state index in [2.05, 4.69) is 10.1 Å². The molecule has 2 saturated carbocycles. The first-order valence-electron chi connectivity index (χ1n) is 11.5. The normalized spacial score (nSPS) is 21.2. The third-order valence-electron chi connectivity index (χ3n) is 6.84. The van der Waals surface area contributed by atoms with Crippen molar-refractivity contribution < 1.29 is 32.3 Å². The summed E-state index contributed by atoms with van der Waals surface area (Å²) in [7, 11) is 0. The van der Waals surface area contributed by atoms with Gasteiger partial charge in [-0.1, -0.05) is 43.2 Å². The van der Waals surface area contributed by atoms with Gasteiger partial charge in [0.25, 0.3) is 5.91 Å². The number of hydrogen-bond donors (Lipinski definition) is 2. The maximum atomic E-state index is 13.1. The molecule has 1 aliphatic heterocycles. The minimum atomic E-state index is -5.26. The number of alkyl halides is 3. The summed E-state index contributed by atoms with van der Waals surface area (Å²) in [6.45, 7) is 0.974. The van der Waals surface area contributed by atoms with Crippen LogP contribution in [0.2, 0.25) is 0 Å². The van der Waals surface area contributed by atoms with Gasteiger partial charge < -0.3 is 15.0 Å². The minimum absolute atomic E-state index is 0.0370. The number of halogens is 3. The molecule has 0 bridgehead atoms. The Labute approximate surface area is 195 Å². The number of amides is 2. The number of fused-ring (bicyclic) bond motifs is 1. The van der Waals surface area contributed by atoms with Gasteiger partial charge in [-0.25, -0.2) is 4.79 Å². The number of ether oxygens (including phenoxy) is 1. The summed E-state index contributed by atoms with van der Waals surface area (Å²) in [6.07, 6.45) is 1.38. The van der Waals surface area contributed by atoms with Crippen molar-refractivity contribution in [3.05, 3.63) is 47.5 Å². The Balaban J connectivity index is 1.45. The molecule has 3 aliphatic rings. The molecule has 0 unspecified atom stereocenters. The second kappa shape index (κ2) is 9.40. The molecular weight excluding hydrogens is 451 g/mol. The molecule has 2 fully saturated rings. The van der Waals surface area contributed by atoms with Crippen LogP contribution in [0.4, 0.5) is 13.2 Å². The summed E-state index contributed by atoms with van der Waals surface area (Å²) in [5.74, 6) is -4.37. The van der Waals surface area contributed by atoms with Crippen LogP contribution in [-0.2, 0) is 32.2 Å². The van der Waals surface area contributed by atoms with Gasteiger partial charge in [0.1, 0.15) is 0 Å². The molecular formula is C24H28F3N3O4. The summed E-state index contributed by atoms with van der Waals surface area (Å²) >= 11 is 0. The average molecular weight is 479 g/mol. The monoisotopic (exact) mass is 479 g/mol. The van der Waals surface area contributed by atoms with Gasteiger partial charge in [0.15, 0.2) is 0 Å². The topological polar surface area (TPSA) is 102 Å². The van der Waals surface area contributed by atoms with E-state index >= 15 is 0 Å². The molecule has 10 heteroatoms. The SMILES string of the molecule is N[C@@](OC(=O)C(F)(F)F)(C(=O)N[C@H](/C=C/C(=O)N1Cc2ccccc2C1)C1CC1)C1CCCC1. The Morgan fingerprint density at radius 2 is 1.65 bits per heavy atom. The third-order valence-corrected chi connectivity index (χ3v) is 6.84. The Kier molecular flexibility index (Phi) is 6.71. The van der Waals surface area contributed by atoms with Gasteiger partial charge in [0.05, 0.1) is 6.04 Å². The van der Waals surface area contributed by atoms with Crippen molar-refractivity contribution in [3.63, 3.8) is 0 Å². The molecule has 34 heavy (non-hydrogen) atoms. The summed E-state index contributed by atoms with van der Waals surface area (Å²) in [5, 5.41) is 2.65. The quantitative estimate of drug-likeness (QED) is 0.356. The van der Waals surface area contributed by atoms with Crippen LogP contribution in [-0.4, -0.2) is 40.6 Å². The smallest absolute Gasteiger partial charge is 0.427 e. The molecule has 184 valence electrons. The number of hydrogen-bond acceptors (Lipinski definition) is 5. The highest BCUT2D eigenvalue weighted by Gasteiger charge is 2.53. The highest BCUT2D eigenvalue weighted by Crippen LogP contribution is 2.37. The zero-order valence-electron chi connectivity index (χ0n) is 18.6. The zero-order chi connectivity index (χ0) is 24.5. The molecule has 4 rings (SSSR count). The number of rotatable bonds is 7. The largest absolute Gasteiger partial charge is 0.491 e. The van der Waals surface area contributed by atoms with Crippen molar-refractivity contribution >= 4 is 17.8 Å². The Morgan fingerprint density at radius 1 is 1.06 bits per heavy atom. The molecule has 1 aromatic rings. The minimum Gasteiger partial charge on any atom is -0.427 e. The van der Waals surface area contributed by atoms with Crippen molar-refractivity contribution in [3.8, 4) is 0 Å². The van der Waals surface area contributed by atoms with Crippen molar-refractivity contribution in [2.24, 2.45) is 17.6 Å². The number of esters is 1. The first kappa shape index (κ1) is 24.3. The summed E-state index contributed by atoms with van der Waals surface area (Å²) < 4.78 is 43.2. The number of benzene rings is 1. The average Bonchev–Trinajstić information content (AvgIpc) is 3.30. The van der Waals surface area contributed by atoms with E-state index in [0.29, 0.717) is 38.8 Å². The molecule has 2 atom stereocenters. The van der Waals surface area contributed by atoms with E-state index in [4.69, 9.17) is 5.73 Å². The zero-order valence-corrected chi connectivity index (χ0v) is 18.6. The lowest BCUT2D eigenvalue weighted by molar-refractivity contribution is -0.218. The Hall–Kier alpha value is -2.88. The van der Waals surface area contributed by atoms with Gasteiger partial charge in [0.2, 0.25) is 11.6 Å². The number of carbonyl (C=O) groups excluding carboxylic acids is 3. The number of nitrogens with one attached hydrogen (secondary N) is 1. The van der Waals surface area contributed by atoms with Crippen molar-refractivity contribution in [2.45, 2.75) is 69.6 Å². The standard InChI is InChI=1S/C24H28F3N3O4/c25-24(26,27)22(33)34-23(28,18-7-3-4-8-18)21(32)29-19(15-9-10-15)11-12-20(31)30-13-16-5-1-2-6-17(16)14-30/h1-2,5-6,11-12,15,18-19H,3-4,7-10,13-14,28H2,(H,29,32)/b12-11+/t19-,23+/m1/s1. The van der Waals surface area contributed by atoms with Crippen molar-refractivity contribution in [1.82, 2.24) is 10.2 Å². The van der Waals surface area contributed by atoms with Crippen LogP contribution < -0.4 is 11.1 Å². The van der Waals surface area contributed by atoms with Gasteiger partial charge >= 0.3 is 12.1 Å². The highest BCUT2D eigenvalue weighted by atomic mass is 19.4. The summed E-state index contributed by atoms with van der Waals surface area (Å²) in [5.41, 5.74) is 5.79. The van der Waals surface area contributed by atoms with Gasteiger partial charge in [-0.05, 0) is 42.7 Å². The van der Waals surface area contributed by atoms with Gasteiger partial charge in [0, 0.05) is 25.1 Å². The van der Waals surface area contributed by atoms with E-state index < -0.39 is 35.7 Å². The third kappa shape index (κ3) is 5.27. The van der Waals surface area contributed by atoms with Crippen LogP contribution in [0.1, 0.15) is 49.7 Å². The van der Waals surface area contributed by atoms with Crippen molar-refractivity contribution in [1.29, 1.82) is 0 Å². The van der Waals surface area contributed by atoms with E-state index in [1.165, 1.54) is 6.08 Å². The maximum absolute atomic E-state index is 13.1. The maximum Gasteiger partial charge on any atom is 0.491 e. The molecule has 1 heterocycles. The second-order valence-corrected chi connectivity index (χ2v) is 9.32. The second-order valence-electron chi connectivity index (χ2n) is 9.32. The molecule has 3 N–H and O–H groups in total. The molecule has 2 amide bonds. The lowest BCUT2D eigenvalue weighted by Crippen LogP contribution is -2.63. The van der Waals surface area contributed by atoms with E-state index in [0.717, 1.165) is 24.0 Å². The van der Waals surface area contributed by atoms with Crippen LogP contribution in [0, 0.1) is 11.8 Å². The van der Waals surface area contributed by atoms with Crippen LogP contribution in [0.5, 0.6) is 0 Å². The lowest BCUT2D eigenvalue weighted by atomic mass is 9.93. The summed E-state index contributed by atoms with van der Waals surface area (Å²) in [6, 6.07) is 7.15. The molecule has 7 nitrogen and oxygen atoms in total. The molecule has 1 aromatic carbocycles. The predicted molar refractivity (Wildman–Crippen MR) is 116 cm³/mol. The number of carbonyl (C=O) groups is 3. The lowest BCUT2D eigenvalue weighted by Gasteiger charge is -2.34. The van der Waals surface area contributed by atoms with Gasteiger partial charge in [-0.3, -0.25) is 15.3 Å². The van der Waals surface area contributed by atoms with Crippen LogP contribution in [0.15, 0.2) is 36.4 Å². The molecule has 0 radical (unpaired) electrons. The fourth-order valence-electron chi connectivity index (χ4n) is 4.70. The molecule has 2 aliphatic carbocycles. The first-order valence-corrected chi connectivity index (χ1v) is 11.5. The van der Waals surface area contributed by atoms with Crippen molar-refractivity contribution in [2.75, 3.05) is 0 Å². The van der Waals surface area contributed by atoms with E-state index in [1.54, 1.807) is 11.0 Å². The fourth-order valence-corrected chi connectivity index (χ4v) is 4.70. The molecule has 0 aromatic heterocycles. The van der Waals surface area contributed by atoms with Gasteiger partial charge in [-0.15, -0.1) is 0 Å². The summed E-state index contributed by atoms with van der Waals surface area (Å²) in [4.78, 5) is 39.0.